The molecule has 0 aliphatic carbocycles. The van der Waals surface area contributed by atoms with Gasteiger partial charge in [0.15, 0.2) is 11.4 Å². The lowest BCUT2D eigenvalue weighted by molar-refractivity contribution is 0.112. The molecule has 1 saturated heterocycles. The first kappa shape index (κ1) is 12.6. The molecule has 0 aromatic carbocycles. The van der Waals surface area contributed by atoms with Gasteiger partial charge in [0.05, 0.1) is 11.1 Å². The third-order valence-electron chi connectivity index (χ3n) is 4.22. The Morgan fingerprint density at radius 1 is 1.41 bits per heavy atom. The molecule has 0 radical (unpaired) electrons. The minimum Gasteiger partial charge on any atom is -0.348 e. The number of carbonyl (C=O) groups excluding carboxylic acids is 1. The van der Waals surface area contributed by atoms with Crippen molar-refractivity contribution in [1.82, 2.24) is 4.98 Å². The molecule has 0 amide bonds. The zero-order valence-corrected chi connectivity index (χ0v) is 11.4. The molecule has 0 bridgehead atoms. The Hall–Kier alpha value is -0.900. The zero-order valence-electron chi connectivity index (χ0n) is 10.6. The lowest BCUT2D eigenvalue weighted by Crippen LogP contribution is -2.39. The number of anilines is 1. The molecule has 3 nitrogen and oxygen atoms in total. The van der Waals surface area contributed by atoms with Crippen LogP contribution >= 0.6 is 11.3 Å². The molecule has 0 spiro atoms. The lowest BCUT2D eigenvalue weighted by atomic mass is 9.74. The van der Waals surface area contributed by atoms with E-state index in [1.165, 1.54) is 37.0 Å². The van der Waals surface area contributed by atoms with Crippen molar-refractivity contribution in [3.05, 3.63) is 11.1 Å². The van der Waals surface area contributed by atoms with Crippen molar-refractivity contribution in [2.75, 3.05) is 18.0 Å². The highest BCUT2D eigenvalue weighted by atomic mass is 32.1. The highest BCUT2D eigenvalue weighted by Crippen LogP contribution is 2.39. The highest BCUT2D eigenvalue weighted by Gasteiger charge is 2.31. The van der Waals surface area contributed by atoms with Gasteiger partial charge in [0.2, 0.25) is 0 Å². The minimum atomic E-state index is 0.543. The fourth-order valence-corrected chi connectivity index (χ4v) is 3.39. The second kappa shape index (κ2) is 5.17. The van der Waals surface area contributed by atoms with Gasteiger partial charge in [-0.2, -0.15) is 0 Å². The minimum absolute atomic E-state index is 0.543. The smallest absolute Gasteiger partial charge is 0.185 e. The van der Waals surface area contributed by atoms with Crippen molar-refractivity contribution in [2.24, 2.45) is 5.41 Å². The summed E-state index contributed by atoms with van der Waals surface area (Å²) in [6, 6.07) is 0. The number of thiazole rings is 1. The quantitative estimate of drug-likeness (QED) is 0.770. The van der Waals surface area contributed by atoms with Gasteiger partial charge < -0.3 is 4.90 Å². The molecule has 1 aromatic heterocycles. The zero-order chi connectivity index (χ0) is 12.3. The van der Waals surface area contributed by atoms with Crippen molar-refractivity contribution in [3.63, 3.8) is 0 Å². The van der Waals surface area contributed by atoms with Crippen LogP contribution in [-0.4, -0.2) is 24.4 Å². The fraction of sp³-hybridized carbons (Fsp3) is 0.692. The Morgan fingerprint density at radius 3 is 2.53 bits per heavy atom. The molecule has 0 unspecified atom stereocenters. The predicted molar refractivity (Wildman–Crippen MR) is 72.0 cm³/mol. The van der Waals surface area contributed by atoms with Crippen LogP contribution in [0.4, 0.5) is 5.13 Å². The number of nitrogens with zero attached hydrogens (tertiary/aromatic N) is 2. The van der Waals surface area contributed by atoms with Crippen LogP contribution in [0, 0.1) is 5.41 Å². The van der Waals surface area contributed by atoms with E-state index in [-0.39, 0.29) is 0 Å². The van der Waals surface area contributed by atoms with Crippen LogP contribution < -0.4 is 4.90 Å². The van der Waals surface area contributed by atoms with Crippen LogP contribution in [0.1, 0.15) is 49.2 Å². The molecule has 94 valence electrons. The van der Waals surface area contributed by atoms with Gasteiger partial charge >= 0.3 is 0 Å². The third kappa shape index (κ3) is 2.51. The summed E-state index contributed by atoms with van der Waals surface area (Å²) in [7, 11) is 0. The molecule has 0 atom stereocenters. The molecule has 1 aliphatic heterocycles. The molecule has 1 aromatic rings. The number of aromatic nitrogens is 1. The number of piperidine rings is 1. The van der Waals surface area contributed by atoms with E-state index < -0.39 is 0 Å². The first-order chi connectivity index (χ1) is 8.23. The maximum absolute atomic E-state index is 10.7. The van der Waals surface area contributed by atoms with Gasteiger partial charge in [-0.05, 0) is 18.3 Å². The molecule has 1 fully saturated rings. The molecule has 0 saturated carbocycles. The second-order valence-electron chi connectivity index (χ2n) is 4.86. The Balaban J connectivity index is 2.01. The monoisotopic (exact) mass is 252 g/mol. The van der Waals surface area contributed by atoms with Crippen LogP contribution in [0.2, 0.25) is 0 Å². The van der Waals surface area contributed by atoms with Gasteiger partial charge in [-0.3, -0.25) is 4.79 Å². The van der Waals surface area contributed by atoms with Crippen molar-refractivity contribution >= 4 is 22.8 Å². The summed E-state index contributed by atoms with van der Waals surface area (Å²) in [4.78, 5) is 18.0. The van der Waals surface area contributed by atoms with E-state index >= 15 is 0 Å². The number of hydrogen-bond acceptors (Lipinski definition) is 4. The van der Waals surface area contributed by atoms with Crippen LogP contribution in [0.25, 0.3) is 0 Å². The van der Waals surface area contributed by atoms with Crippen molar-refractivity contribution in [2.45, 2.75) is 39.5 Å². The Bertz CT molecular complexity index is 375. The summed E-state index contributed by atoms with van der Waals surface area (Å²) in [5.41, 5.74) is 0.543. The molecular weight excluding hydrogens is 232 g/mol. The number of carbonyl (C=O) groups is 1. The highest BCUT2D eigenvalue weighted by molar-refractivity contribution is 7.17. The first-order valence-corrected chi connectivity index (χ1v) is 7.20. The maximum Gasteiger partial charge on any atom is 0.185 e. The molecule has 17 heavy (non-hydrogen) atoms. The fourth-order valence-electron chi connectivity index (χ4n) is 2.61. The number of aldehydes is 1. The van der Waals surface area contributed by atoms with Gasteiger partial charge in [-0.15, -0.1) is 0 Å². The van der Waals surface area contributed by atoms with Crippen molar-refractivity contribution in [3.8, 4) is 0 Å². The van der Waals surface area contributed by atoms with Gasteiger partial charge in [-0.1, -0.05) is 38.0 Å². The molecule has 2 rings (SSSR count). The summed E-state index contributed by atoms with van der Waals surface area (Å²) in [5, 5.41) is 1.01. The van der Waals surface area contributed by atoms with Gasteiger partial charge in [0, 0.05) is 13.1 Å². The van der Waals surface area contributed by atoms with Gasteiger partial charge in [-0.25, -0.2) is 4.98 Å². The van der Waals surface area contributed by atoms with E-state index in [0.29, 0.717) is 5.41 Å². The average Bonchev–Trinajstić information content (AvgIpc) is 2.87. The summed E-state index contributed by atoms with van der Waals surface area (Å²) in [5.74, 6) is 0. The molecule has 4 heteroatoms. The van der Waals surface area contributed by atoms with Gasteiger partial charge in [0.1, 0.15) is 0 Å². The van der Waals surface area contributed by atoms with E-state index in [1.807, 2.05) is 0 Å². The predicted octanol–water partition coefficient (Wildman–Crippen LogP) is 3.36. The van der Waals surface area contributed by atoms with E-state index in [9.17, 15) is 4.79 Å². The second-order valence-corrected chi connectivity index (χ2v) is 5.90. The van der Waals surface area contributed by atoms with E-state index in [1.54, 1.807) is 6.20 Å². The Morgan fingerprint density at radius 2 is 2.06 bits per heavy atom. The largest absolute Gasteiger partial charge is 0.348 e. The average molecular weight is 252 g/mol. The van der Waals surface area contributed by atoms with Crippen LogP contribution in [0.3, 0.4) is 0 Å². The van der Waals surface area contributed by atoms with Crippen LogP contribution in [0.5, 0.6) is 0 Å². The van der Waals surface area contributed by atoms with Crippen LogP contribution in [-0.2, 0) is 0 Å². The van der Waals surface area contributed by atoms with Crippen molar-refractivity contribution < 1.29 is 4.79 Å². The normalized spacial score (nSPS) is 19.3. The first-order valence-electron chi connectivity index (χ1n) is 6.39. The third-order valence-corrected chi connectivity index (χ3v) is 5.21. The molecule has 2 heterocycles. The maximum atomic E-state index is 10.7. The number of rotatable bonds is 4. The standard InChI is InChI=1S/C13H20N2OS/c1-3-13(4-2)5-7-15(8-6-13)12-14-9-11(10-16)17-12/h9-10H,3-8H2,1-2H3. The molecule has 0 N–H and O–H groups in total. The van der Waals surface area contributed by atoms with E-state index in [2.05, 4.69) is 23.7 Å². The molecule has 1 aliphatic rings. The summed E-state index contributed by atoms with van der Waals surface area (Å²) >= 11 is 1.50. The summed E-state index contributed by atoms with van der Waals surface area (Å²) in [6.45, 7) is 6.75. The van der Waals surface area contributed by atoms with Gasteiger partial charge in [0.25, 0.3) is 0 Å². The Kier molecular flexibility index (Phi) is 3.82. The lowest BCUT2D eigenvalue weighted by Gasteiger charge is -2.40. The Labute approximate surface area is 107 Å². The SMILES string of the molecule is CCC1(CC)CCN(c2ncc(C=O)s2)CC1. The summed E-state index contributed by atoms with van der Waals surface area (Å²) in [6.07, 6.45) is 7.59. The van der Waals surface area contributed by atoms with Crippen LogP contribution in [0.15, 0.2) is 6.20 Å². The van der Waals surface area contributed by atoms with E-state index in [0.717, 1.165) is 29.4 Å². The number of hydrogen-bond donors (Lipinski definition) is 0. The molecular formula is C13H20N2OS. The van der Waals surface area contributed by atoms with Crippen molar-refractivity contribution in [1.29, 1.82) is 0 Å². The summed E-state index contributed by atoms with van der Waals surface area (Å²) < 4.78 is 0. The topological polar surface area (TPSA) is 33.2 Å². The van der Waals surface area contributed by atoms with E-state index in [4.69, 9.17) is 0 Å².